The van der Waals surface area contributed by atoms with Crippen LogP contribution in [0.4, 0.5) is 10.8 Å². The molecular formula is C13H13N7S. The Morgan fingerprint density at radius 3 is 3.14 bits per heavy atom. The second kappa shape index (κ2) is 6.49. The van der Waals surface area contributed by atoms with E-state index in [0.29, 0.717) is 10.8 Å². The number of nitrogens with two attached hydrogens (primary N) is 1. The number of hydrogen-bond acceptors (Lipinski definition) is 5. The largest absolute Gasteiger partial charge is 0.370 e. The smallest absolute Gasteiger partial charge is 0.194 e. The highest BCUT2D eigenvalue weighted by Gasteiger charge is 2.10. The molecule has 0 amide bonds. The van der Waals surface area contributed by atoms with Gasteiger partial charge in [-0.2, -0.15) is 5.26 Å². The van der Waals surface area contributed by atoms with E-state index >= 15 is 0 Å². The molecule has 1 aromatic heterocycles. The second-order valence-corrected chi connectivity index (χ2v) is 4.86. The topological polar surface area (TPSA) is 114 Å². The first-order valence-electron chi connectivity index (χ1n) is 5.92. The Morgan fingerprint density at radius 1 is 1.62 bits per heavy atom. The van der Waals surface area contributed by atoms with E-state index in [0.717, 1.165) is 11.3 Å². The number of aliphatic imine (C=N–C) groups is 1. The van der Waals surface area contributed by atoms with Gasteiger partial charge in [0.05, 0.1) is 11.4 Å². The first kappa shape index (κ1) is 14.5. The Labute approximate surface area is 125 Å². The van der Waals surface area contributed by atoms with Crippen LogP contribution in [0.3, 0.4) is 0 Å². The summed E-state index contributed by atoms with van der Waals surface area (Å²) in [4.78, 5) is 10.1. The molecule has 0 aliphatic heterocycles. The summed E-state index contributed by atoms with van der Waals surface area (Å²) in [7, 11) is 1.69. The molecule has 0 saturated carbocycles. The molecule has 7 nitrogen and oxygen atoms in total. The van der Waals surface area contributed by atoms with Gasteiger partial charge in [-0.1, -0.05) is 12.1 Å². The number of rotatable bonds is 4. The first-order valence-corrected chi connectivity index (χ1v) is 6.80. The van der Waals surface area contributed by atoms with E-state index in [2.05, 4.69) is 15.3 Å². The van der Waals surface area contributed by atoms with Gasteiger partial charge in [0, 0.05) is 18.0 Å². The van der Waals surface area contributed by atoms with Crippen LogP contribution in [0.5, 0.6) is 0 Å². The monoisotopic (exact) mass is 299 g/mol. The lowest BCUT2D eigenvalue weighted by molar-refractivity contribution is 1.17. The van der Waals surface area contributed by atoms with Crippen molar-refractivity contribution in [1.82, 2.24) is 10.3 Å². The molecule has 2 rings (SSSR count). The Hall–Kier alpha value is -2.92. The molecule has 4 N–H and O–H groups in total. The SMILES string of the molecule is CN(C(=N)N)c1nc(-c2cccc(N=CNC#N)c2)cs1. The second-order valence-electron chi connectivity index (χ2n) is 4.02. The third kappa shape index (κ3) is 3.55. The maximum atomic E-state index is 8.38. The van der Waals surface area contributed by atoms with Crippen molar-refractivity contribution in [1.29, 1.82) is 10.7 Å². The van der Waals surface area contributed by atoms with Crippen molar-refractivity contribution in [3.05, 3.63) is 29.6 Å². The number of hydrogen-bond donors (Lipinski definition) is 3. The molecule has 0 aliphatic rings. The van der Waals surface area contributed by atoms with E-state index in [1.165, 1.54) is 22.6 Å². The van der Waals surface area contributed by atoms with Crippen molar-refractivity contribution in [2.24, 2.45) is 10.7 Å². The van der Waals surface area contributed by atoms with Gasteiger partial charge < -0.3 is 5.73 Å². The maximum absolute atomic E-state index is 8.38. The van der Waals surface area contributed by atoms with E-state index in [9.17, 15) is 0 Å². The summed E-state index contributed by atoms with van der Waals surface area (Å²) in [5, 5.41) is 20.7. The van der Waals surface area contributed by atoms with Gasteiger partial charge in [0.2, 0.25) is 0 Å². The van der Waals surface area contributed by atoms with Crippen LogP contribution in [0, 0.1) is 16.9 Å². The summed E-state index contributed by atoms with van der Waals surface area (Å²) >= 11 is 1.41. The third-order valence-corrected chi connectivity index (χ3v) is 3.54. The van der Waals surface area contributed by atoms with Crippen LogP contribution in [0.25, 0.3) is 11.3 Å². The van der Waals surface area contributed by atoms with Crippen LogP contribution in [-0.4, -0.2) is 24.3 Å². The average Bonchev–Trinajstić information content (AvgIpc) is 2.97. The summed E-state index contributed by atoms with van der Waals surface area (Å²) in [6.07, 6.45) is 3.09. The number of nitrogens with one attached hydrogen (secondary N) is 2. The number of nitriles is 1. The number of benzene rings is 1. The quantitative estimate of drug-likeness (QED) is 0.345. The Balaban J connectivity index is 2.25. The minimum atomic E-state index is -0.0585. The molecular weight excluding hydrogens is 286 g/mol. The fourth-order valence-electron chi connectivity index (χ4n) is 1.54. The molecule has 0 fully saturated rings. The van der Waals surface area contributed by atoms with Gasteiger partial charge >= 0.3 is 0 Å². The van der Waals surface area contributed by atoms with Gasteiger partial charge in [-0.05, 0) is 12.1 Å². The normalized spacial score (nSPS) is 10.3. The van der Waals surface area contributed by atoms with Gasteiger partial charge in [-0.3, -0.25) is 15.6 Å². The molecule has 1 aromatic carbocycles. The van der Waals surface area contributed by atoms with Gasteiger partial charge in [-0.25, -0.2) is 9.98 Å². The Morgan fingerprint density at radius 2 is 2.43 bits per heavy atom. The van der Waals surface area contributed by atoms with E-state index in [1.54, 1.807) is 13.2 Å². The number of guanidine groups is 1. The number of thiazole rings is 1. The fraction of sp³-hybridized carbons (Fsp3) is 0.0769. The van der Waals surface area contributed by atoms with Gasteiger partial charge in [0.25, 0.3) is 0 Å². The fourth-order valence-corrected chi connectivity index (χ4v) is 2.35. The molecule has 8 heteroatoms. The van der Waals surface area contributed by atoms with Crippen LogP contribution >= 0.6 is 11.3 Å². The van der Waals surface area contributed by atoms with E-state index < -0.39 is 0 Å². The highest BCUT2D eigenvalue weighted by molar-refractivity contribution is 7.14. The summed E-state index contributed by atoms with van der Waals surface area (Å²) < 4.78 is 0. The average molecular weight is 299 g/mol. The molecule has 0 aliphatic carbocycles. The van der Waals surface area contributed by atoms with E-state index in [4.69, 9.17) is 16.4 Å². The highest BCUT2D eigenvalue weighted by Crippen LogP contribution is 2.28. The van der Waals surface area contributed by atoms with Crippen LogP contribution < -0.4 is 16.0 Å². The molecule has 0 atom stereocenters. The zero-order chi connectivity index (χ0) is 15.2. The molecule has 0 saturated heterocycles. The zero-order valence-corrected chi connectivity index (χ0v) is 12.1. The van der Waals surface area contributed by atoms with Crippen molar-refractivity contribution >= 4 is 34.5 Å². The van der Waals surface area contributed by atoms with Gasteiger partial charge in [0.15, 0.2) is 17.3 Å². The van der Waals surface area contributed by atoms with Crippen molar-refractivity contribution in [3.63, 3.8) is 0 Å². The summed E-state index contributed by atoms with van der Waals surface area (Å²) in [6, 6.07) is 7.47. The zero-order valence-electron chi connectivity index (χ0n) is 11.2. The van der Waals surface area contributed by atoms with Crippen LogP contribution in [0.2, 0.25) is 0 Å². The van der Waals surface area contributed by atoms with Gasteiger partial charge in [0.1, 0.15) is 6.34 Å². The Bertz CT molecular complexity index is 713. The molecule has 0 unspecified atom stereocenters. The molecule has 1 heterocycles. The maximum Gasteiger partial charge on any atom is 0.194 e. The molecule has 0 radical (unpaired) electrons. The van der Waals surface area contributed by atoms with Crippen molar-refractivity contribution in [2.75, 3.05) is 11.9 Å². The number of nitrogens with zero attached hydrogens (tertiary/aromatic N) is 4. The lowest BCUT2D eigenvalue weighted by atomic mass is 10.1. The van der Waals surface area contributed by atoms with E-state index in [-0.39, 0.29) is 5.96 Å². The molecule has 0 bridgehead atoms. The van der Waals surface area contributed by atoms with Crippen LogP contribution in [-0.2, 0) is 0 Å². The molecule has 2 aromatic rings. The lowest BCUT2D eigenvalue weighted by Gasteiger charge is -2.11. The first-order chi connectivity index (χ1) is 10.1. The molecule has 0 spiro atoms. The van der Waals surface area contributed by atoms with Crippen molar-refractivity contribution in [2.45, 2.75) is 0 Å². The van der Waals surface area contributed by atoms with Crippen LogP contribution in [0.1, 0.15) is 0 Å². The standard InChI is InChI=1S/C13H13N7S/c1-20(12(15)16)13-19-11(6-21-13)9-3-2-4-10(5-9)18-8-17-7-14/h2-6,8H,1H3,(H3,15,16)(H,17,18). The van der Waals surface area contributed by atoms with Crippen LogP contribution in [0.15, 0.2) is 34.6 Å². The lowest BCUT2D eigenvalue weighted by Crippen LogP contribution is -2.32. The molecule has 106 valence electrons. The Kier molecular flexibility index (Phi) is 4.48. The predicted octanol–water partition coefficient (Wildman–Crippen LogP) is 1.87. The minimum Gasteiger partial charge on any atom is -0.370 e. The summed E-state index contributed by atoms with van der Waals surface area (Å²) in [5.41, 5.74) is 7.83. The number of anilines is 1. The van der Waals surface area contributed by atoms with Gasteiger partial charge in [-0.15, -0.1) is 11.3 Å². The molecule has 21 heavy (non-hydrogen) atoms. The predicted molar refractivity (Wildman–Crippen MR) is 84.8 cm³/mol. The summed E-state index contributed by atoms with van der Waals surface area (Å²) in [5.74, 6) is -0.0585. The highest BCUT2D eigenvalue weighted by atomic mass is 32.1. The van der Waals surface area contributed by atoms with Crippen molar-refractivity contribution in [3.8, 4) is 17.5 Å². The summed E-state index contributed by atoms with van der Waals surface area (Å²) in [6.45, 7) is 0. The third-order valence-electron chi connectivity index (χ3n) is 2.62. The number of aromatic nitrogens is 1. The van der Waals surface area contributed by atoms with Crippen molar-refractivity contribution < 1.29 is 0 Å². The minimum absolute atomic E-state index is 0.0585. The van der Waals surface area contributed by atoms with E-state index in [1.807, 2.05) is 29.6 Å².